The maximum Gasteiger partial charge on any atom is 0.417 e. The Bertz CT molecular complexity index is 1380. The number of rotatable bonds is 3. The van der Waals surface area contributed by atoms with Crippen molar-refractivity contribution in [3.8, 4) is 11.6 Å². The molecular weight excluding hydrogens is 449 g/mol. The molecule has 2 N–H and O–H groups in total. The molecule has 1 aliphatic heterocycles. The molecule has 1 unspecified atom stereocenters. The third-order valence-electron chi connectivity index (χ3n) is 5.54. The number of anilines is 1. The number of hydrogen-bond acceptors (Lipinski definition) is 6. The van der Waals surface area contributed by atoms with Gasteiger partial charge in [-0.25, -0.2) is 14.8 Å². The minimum absolute atomic E-state index is 0.0566. The fourth-order valence-electron chi connectivity index (χ4n) is 3.84. The third-order valence-corrected chi connectivity index (χ3v) is 5.54. The molecule has 34 heavy (non-hydrogen) atoms. The quantitative estimate of drug-likeness (QED) is 0.451. The number of nitrogens with one attached hydrogen (secondary N) is 2. The van der Waals surface area contributed by atoms with Gasteiger partial charge in [-0.3, -0.25) is 9.55 Å². The number of nitrogens with zero attached hydrogens (tertiary/aromatic N) is 4. The normalized spacial score (nSPS) is 15.7. The van der Waals surface area contributed by atoms with Crippen LogP contribution in [0.4, 0.5) is 23.7 Å². The Kier molecular flexibility index (Phi) is 5.40. The molecule has 1 aromatic carbocycles. The van der Waals surface area contributed by atoms with Gasteiger partial charge in [0, 0.05) is 35.9 Å². The van der Waals surface area contributed by atoms with Crippen LogP contribution < -0.4 is 15.4 Å². The third kappa shape index (κ3) is 4.29. The van der Waals surface area contributed by atoms with Crippen LogP contribution >= 0.6 is 0 Å². The lowest BCUT2D eigenvalue weighted by molar-refractivity contribution is -0.137. The first-order valence-electron chi connectivity index (χ1n) is 10.5. The molecular formula is C23H19F3N6O2. The van der Waals surface area contributed by atoms with Crippen LogP contribution in [0, 0.1) is 0 Å². The monoisotopic (exact) mass is 468 g/mol. The number of benzene rings is 1. The molecule has 0 aliphatic carbocycles. The van der Waals surface area contributed by atoms with Crippen molar-refractivity contribution in [3.05, 3.63) is 72.1 Å². The molecule has 0 fully saturated rings. The molecule has 174 valence electrons. The second-order valence-corrected chi connectivity index (χ2v) is 7.99. The fraction of sp³-hybridized carbons (Fsp3) is 0.217. The van der Waals surface area contributed by atoms with Crippen molar-refractivity contribution in [2.24, 2.45) is 0 Å². The summed E-state index contributed by atoms with van der Waals surface area (Å²) < 4.78 is 46.1. The molecule has 5 rings (SSSR count). The summed E-state index contributed by atoms with van der Waals surface area (Å²) in [5.41, 5.74) is 1.42. The van der Waals surface area contributed by atoms with Gasteiger partial charge in [0.1, 0.15) is 12.1 Å². The Balaban J connectivity index is 1.37. The lowest BCUT2D eigenvalue weighted by Gasteiger charge is -2.23. The first-order valence-corrected chi connectivity index (χ1v) is 10.5. The van der Waals surface area contributed by atoms with Crippen molar-refractivity contribution in [2.75, 3.05) is 5.32 Å². The second kappa shape index (κ2) is 8.41. The standard InChI is InChI=1S/C23H19F3N6O2/c1-13-6-18-19(11-28-13)29-12-30-21(18)34-17-2-3-20-14(7-17)4-5-32(20)22(33)31-16-8-15(9-27-10-16)23(24,25)26/h2-5,7-10,12-13,28H,6,11H2,1H3,(H,31,33). The maximum atomic E-state index is 12.9. The molecule has 8 nitrogen and oxygen atoms in total. The zero-order valence-electron chi connectivity index (χ0n) is 17.9. The van der Waals surface area contributed by atoms with E-state index in [4.69, 9.17) is 4.74 Å². The topological polar surface area (TPSA) is 94.0 Å². The van der Waals surface area contributed by atoms with E-state index in [1.807, 2.05) is 0 Å². The zero-order valence-corrected chi connectivity index (χ0v) is 17.9. The molecule has 4 heterocycles. The number of hydrogen-bond donors (Lipinski definition) is 2. The summed E-state index contributed by atoms with van der Waals surface area (Å²) in [7, 11) is 0. The fourth-order valence-corrected chi connectivity index (χ4v) is 3.84. The predicted molar refractivity (Wildman–Crippen MR) is 118 cm³/mol. The number of fused-ring (bicyclic) bond motifs is 2. The van der Waals surface area contributed by atoms with Crippen LogP contribution in [0.3, 0.4) is 0 Å². The molecule has 1 amide bonds. The van der Waals surface area contributed by atoms with E-state index in [1.165, 1.54) is 17.1 Å². The highest BCUT2D eigenvalue weighted by atomic mass is 19.4. The van der Waals surface area contributed by atoms with Gasteiger partial charge in [-0.1, -0.05) is 0 Å². The molecule has 0 saturated heterocycles. The average molecular weight is 468 g/mol. The summed E-state index contributed by atoms with van der Waals surface area (Å²) in [4.78, 5) is 24.9. The van der Waals surface area contributed by atoms with Gasteiger partial charge in [-0.15, -0.1) is 0 Å². The van der Waals surface area contributed by atoms with Gasteiger partial charge in [0.05, 0.1) is 28.7 Å². The SMILES string of the molecule is CC1Cc2c(ncnc2Oc2ccc3c(ccn3C(=O)Nc3cncc(C(F)(F)F)c3)c2)CN1. The number of carbonyl (C=O) groups excluding carboxylic acids is 1. The first-order chi connectivity index (χ1) is 16.3. The summed E-state index contributed by atoms with van der Waals surface area (Å²) in [5, 5.41) is 6.51. The van der Waals surface area contributed by atoms with Gasteiger partial charge in [-0.2, -0.15) is 13.2 Å². The summed E-state index contributed by atoms with van der Waals surface area (Å²) >= 11 is 0. The van der Waals surface area contributed by atoms with Gasteiger partial charge < -0.3 is 15.4 Å². The maximum absolute atomic E-state index is 12.9. The van der Waals surface area contributed by atoms with E-state index >= 15 is 0 Å². The van der Waals surface area contributed by atoms with Crippen molar-refractivity contribution < 1.29 is 22.7 Å². The lowest BCUT2D eigenvalue weighted by Crippen LogP contribution is -2.33. The van der Waals surface area contributed by atoms with Gasteiger partial charge >= 0.3 is 12.2 Å². The minimum Gasteiger partial charge on any atom is -0.439 e. The predicted octanol–water partition coefficient (Wildman–Crippen LogP) is 4.75. The van der Waals surface area contributed by atoms with Crippen molar-refractivity contribution in [3.63, 3.8) is 0 Å². The van der Waals surface area contributed by atoms with Gasteiger partial charge in [0.2, 0.25) is 5.88 Å². The zero-order chi connectivity index (χ0) is 23.9. The number of carbonyl (C=O) groups is 1. The van der Waals surface area contributed by atoms with E-state index in [1.54, 1.807) is 24.3 Å². The Labute approximate surface area is 191 Å². The Hall–Kier alpha value is -3.99. The smallest absolute Gasteiger partial charge is 0.417 e. The minimum atomic E-state index is -4.55. The summed E-state index contributed by atoms with van der Waals surface area (Å²) in [6, 6.07) is 7.39. The van der Waals surface area contributed by atoms with Crippen molar-refractivity contribution in [1.29, 1.82) is 0 Å². The molecule has 11 heteroatoms. The van der Waals surface area contributed by atoms with E-state index in [2.05, 4.69) is 32.5 Å². The highest BCUT2D eigenvalue weighted by Gasteiger charge is 2.31. The summed E-state index contributed by atoms with van der Waals surface area (Å²) in [6.45, 7) is 2.72. The molecule has 3 aromatic heterocycles. The molecule has 0 spiro atoms. The van der Waals surface area contributed by atoms with Crippen LogP contribution in [0.2, 0.25) is 0 Å². The van der Waals surface area contributed by atoms with E-state index in [-0.39, 0.29) is 11.7 Å². The summed E-state index contributed by atoms with van der Waals surface area (Å²) in [6.07, 6.45) is 1.05. The highest BCUT2D eigenvalue weighted by Crippen LogP contribution is 2.31. The molecule has 0 bridgehead atoms. The van der Waals surface area contributed by atoms with Gasteiger partial charge in [-0.05, 0) is 43.7 Å². The van der Waals surface area contributed by atoms with Crippen LogP contribution in [-0.2, 0) is 19.1 Å². The van der Waals surface area contributed by atoms with E-state index in [9.17, 15) is 18.0 Å². The van der Waals surface area contributed by atoms with E-state index in [0.29, 0.717) is 35.3 Å². The number of aromatic nitrogens is 4. The molecule has 0 radical (unpaired) electrons. The molecule has 0 saturated carbocycles. The van der Waals surface area contributed by atoms with Crippen LogP contribution in [0.1, 0.15) is 23.7 Å². The van der Waals surface area contributed by atoms with Crippen LogP contribution in [-0.4, -0.2) is 31.6 Å². The molecule has 1 aliphatic rings. The Morgan fingerprint density at radius 2 is 2.06 bits per heavy atom. The van der Waals surface area contributed by atoms with Crippen molar-refractivity contribution >= 4 is 22.6 Å². The number of halogens is 3. The lowest BCUT2D eigenvalue weighted by atomic mass is 10.0. The van der Waals surface area contributed by atoms with Gasteiger partial charge in [0.15, 0.2) is 0 Å². The van der Waals surface area contributed by atoms with E-state index in [0.717, 1.165) is 29.9 Å². The second-order valence-electron chi connectivity index (χ2n) is 7.99. The van der Waals surface area contributed by atoms with Crippen LogP contribution in [0.15, 0.2) is 55.2 Å². The van der Waals surface area contributed by atoms with Crippen LogP contribution in [0.5, 0.6) is 11.6 Å². The number of alkyl halides is 3. The first kappa shape index (κ1) is 21.8. The van der Waals surface area contributed by atoms with E-state index < -0.39 is 17.8 Å². The van der Waals surface area contributed by atoms with Crippen LogP contribution in [0.25, 0.3) is 10.9 Å². The number of ether oxygens (including phenoxy) is 1. The Morgan fingerprint density at radius 3 is 2.88 bits per heavy atom. The Morgan fingerprint density at radius 1 is 1.21 bits per heavy atom. The van der Waals surface area contributed by atoms with Crippen molar-refractivity contribution in [1.82, 2.24) is 24.8 Å². The molecule has 4 aromatic rings. The number of pyridine rings is 1. The van der Waals surface area contributed by atoms with Crippen molar-refractivity contribution in [2.45, 2.75) is 32.1 Å². The van der Waals surface area contributed by atoms with Gasteiger partial charge in [0.25, 0.3) is 0 Å². The largest absolute Gasteiger partial charge is 0.439 e. The average Bonchev–Trinajstić information content (AvgIpc) is 3.22. The number of amides is 1. The summed E-state index contributed by atoms with van der Waals surface area (Å²) in [5.74, 6) is 1.03. The highest BCUT2D eigenvalue weighted by molar-refractivity contribution is 5.98. The molecule has 1 atom stereocenters.